The van der Waals surface area contributed by atoms with E-state index in [1.807, 2.05) is 4.90 Å². The molecule has 0 radical (unpaired) electrons. The Hall–Kier alpha value is -0.570. The topological polar surface area (TPSA) is 29.3 Å². The number of hydrogen-bond acceptors (Lipinski definition) is 2. The molecule has 1 rings (SSSR count). The van der Waals surface area contributed by atoms with Gasteiger partial charge in [-0.25, -0.2) is 4.39 Å². The van der Waals surface area contributed by atoms with Crippen LogP contribution in [-0.4, -0.2) is 30.7 Å². The van der Waals surface area contributed by atoms with E-state index in [2.05, 4.69) is 6.58 Å². The monoisotopic (exact) mass is 158 g/mol. The lowest BCUT2D eigenvalue weighted by atomic mass is 10.1. The van der Waals surface area contributed by atoms with Crippen molar-refractivity contribution in [1.29, 1.82) is 0 Å². The third-order valence-corrected chi connectivity index (χ3v) is 1.87. The molecule has 0 bridgehead atoms. The lowest BCUT2D eigenvalue weighted by Crippen LogP contribution is -2.38. The molecule has 0 aromatic rings. The number of nitrogens with two attached hydrogens (primary N) is 1. The maximum Gasteiger partial charge on any atom is 0.113 e. The molecule has 1 aliphatic rings. The Morgan fingerprint density at radius 1 is 1.73 bits per heavy atom. The molecule has 0 spiro atoms. The average molecular weight is 158 g/mol. The van der Waals surface area contributed by atoms with Gasteiger partial charge in [-0.1, -0.05) is 6.58 Å². The van der Waals surface area contributed by atoms with E-state index in [-0.39, 0.29) is 0 Å². The van der Waals surface area contributed by atoms with Crippen LogP contribution in [0.3, 0.4) is 0 Å². The van der Waals surface area contributed by atoms with E-state index in [0.717, 1.165) is 13.0 Å². The van der Waals surface area contributed by atoms with Gasteiger partial charge in [-0.05, 0) is 19.4 Å². The van der Waals surface area contributed by atoms with Crippen LogP contribution in [0.2, 0.25) is 0 Å². The van der Waals surface area contributed by atoms with Gasteiger partial charge in [0.25, 0.3) is 0 Å². The van der Waals surface area contributed by atoms with Crippen LogP contribution >= 0.6 is 0 Å². The minimum absolute atomic E-state index is 0.524. The number of nitrogens with zero attached hydrogens (tertiary/aromatic N) is 1. The highest BCUT2D eigenvalue weighted by Crippen LogP contribution is 2.12. The van der Waals surface area contributed by atoms with Gasteiger partial charge in [0.2, 0.25) is 0 Å². The first-order chi connectivity index (χ1) is 5.18. The van der Waals surface area contributed by atoms with E-state index >= 15 is 0 Å². The number of likely N-dealkylation sites (tertiary alicyclic amines) is 1. The molecule has 1 aliphatic heterocycles. The fraction of sp³-hybridized carbons (Fsp3) is 0.750. The first-order valence-corrected chi connectivity index (χ1v) is 3.98. The largest absolute Gasteiger partial charge is 0.401 e. The summed E-state index contributed by atoms with van der Waals surface area (Å²) in [4.78, 5) is 2.01. The summed E-state index contributed by atoms with van der Waals surface area (Å²) < 4.78 is 12.8. The van der Waals surface area contributed by atoms with Crippen LogP contribution in [0.15, 0.2) is 12.3 Å². The van der Waals surface area contributed by atoms with Crippen LogP contribution in [0, 0.1) is 0 Å². The Balaban J connectivity index is 2.28. The summed E-state index contributed by atoms with van der Waals surface area (Å²) in [6.07, 6.45) is 0.977. The van der Waals surface area contributed by atoms with Crippen molar-refractivity contribution in [2.45, 2.75) is 19.0 Å². The number of piperidine rings is 1. The first kappa shape index (κ1) is 8.53. The maximum absolute atomic E-state index is 12.8. The van der Waals surface area contributed by atoms with Crippen LogP contribution in [-0.2, 0) is 0 Å². The van der Waals surface area contributed by atoms with Gasteiger partial charge in [-0.3, -0.25) is 4.90 Å². The molecule has 0 amide bonds. The van der Waals surface area contributed by atoms with Crippen molar-refractivity contribution in [1.82, 2.24) is 4.90 Å². The van der Waals surface area contributed by atoms with Gasteiger partial charge in [0, 0.05) is 18.8 Å². The zero-order chi connectivity index (χ0) is 8.27. The Morgan fingerprint density at radius 3 is 3.00 bits per heavy atom. The van der Waals surface area contributed by atoms with Crippen LogP contribution < -0.4 is 5.73 Å². The van der Waals surface area contributed by atoms with E-state index < -0.39 is 6.17 Å². The Labute approximate surface area is 66.9 Å². The summed E-state index contributed by atoms with van der Waals surface area (Å²) in [5, 5.41) is 0. The minimum Gasteiger partial charge on any atom is -0.401 e. The smallest absolute Gasteiger partial charge is 0.113 e. The molecule has 11 heavy (non-hydrogen) atoms. The third kappa shape index (κ3) is 2.89. The SMILES string of the molecule is C=C(N)CN1CCCC(F)C1. The Kier molecular flexibility index (Phi) is 2.88. The lowest BCUT2D eigenvalue weighted by molar-refractivity contribution is 0.147. The lowest BCUT2D eigenvalue weighted by Gasteiger charge is -2.28. The van der Waals surface area contributed by atoms with Crippen LogP contribution in [0.25, 0.3) is 0 Å². The molecule has 3 heteroatoms. The summed E-state index contributed by atoms with van der Waals surface area (Å²) >= 11 is 0. The van der Waals surface area contributed by atoms with Crippen LogP contribution in [0.5, 0.6) is 0 Å². The fourth-order valence-electron chi connectivity index (χ4n) is 1.43. The predicted molar refractivity (Wildman–Crippen MR) is 43.9 cm³/mol. The molecular formula is C8H15FN2. The highest BCUT2D eigenvalue weighted by molar-refractivity contribution is 4.91. The number of halogens is 1. The molecule has 1 unspecified atom stereocenters. The van der Waals surface area contributed by atoms with E-state index in [0.29, 0.717) is 25.2 Å². The molecule has 2 nitrogen and oxygen atoms in total. The molecule has 0 aromatic heterocycles. The van der Waals surface area contributed by atoms with Crippen molar-refractivity contribution in [3.05, 3.63) is 12.3 Å². The van der Waals surface area contributed by atoms with Gasteiger partial charge in [0.1, 0.15) is 6.17 Å². The van der Waals surface area contributed by atoms with Gasteiger partial charge >= 0.3 is 0 Å². The van der Waals surface area contributed by atoms with Crippen molar-refractivity contribution in [2.75, 3.05) is 19.6 Å². The van der Waals surface area contributed by atoms with Gasteiger partial charge < -0.3 is 5.73 Å². The quantitative estimate of drug-likeness (QED) is 0.646. The molecule has 0 aromatic carbocycles. The van der Waals surface area contributed by atoms with E-state index in [1.54, 1.807) is 0 Å². The molecule has 0 aliphatic carbocycles. The summed E-state index contributed by atoms with van der Waals surface area (Å²) in [5.41, 5.74) is 6.03. The molecule has 1 heterocycles. The van der Waals surface area contributed by atoms with Crippen molar-refractivity contribution in [3.63, 3.8) is 0 Å². The van der Waals surface area contributed by atoms with Crippen molar-refractivity contribution in [2.24, 2.45) is 5.73 Å². The minimum atomic E-state index is -0.664. The van der Waals surface area contributed by atoms with Crippen LogP contribution in [0.1, 0.15) is 12.8 Å². The molecule has 2 N–H and O–H groups in total. The van der Waals surface area contributed by atoms with E-state index in [9.17, 15) is 4.39 Å². The second kappa shape index (κ2) is 3.72. The average Bonchev–Trinajstić information content (AvgIpc) is 1.85. The predicted octanol–water partition coefficient (Wildman–Crippen LogP) is 0.893. The molecule has 1 fully saturated rings. The van der Waals surface area contributed by atoms with Gasteiger partial charge in [0.05, 0.1) is 0 Å². The normalized spacial score (nSPS) is 26.8. The highest BCUT2D eigenvalue weighted by Gasteiger charge is 2.18. The van der Waals surface area contributed by atoms with Gasteiger partial charge in [-0.2, -0.15) is 0 Å². The maximum atomic E-state index is 12.8. The highest BCUT2D eigenvalue weighted by atomic mass is 19.1. The summed E-state index contributed by atoms with van der Waals surface area (Å²) in [7, 11) is 0. The van der Waals surface area contributed by atoms with E-state index in [4.69, 9.17) is 5.73 Å². The first-order valence-electron chi connectivity index (χ1n) is 3.98. The number of alkyl halides is 1. The second-order valence-corrected chi connectivity index (χ2v) is 3.13. The van der Waals surface area contributed by atoms with E-state index in [1.165, 1.54) is 0 Å². The molecular weight excluding hydrogens is 143 g/mol. The summed E-state index contributed by atoms with van der Waals surface area (Å²) in [6, 6.07) is 0. The number of hydrogen-bond donors (Lipinski definition) is 1. The van der Waals surface area contributed by atoms with Crippen LogP contribution in [0.4, 0.5) is 4.39 Å². The third-order valence-electron chi connectivity index (χ3n) is 1.87. The van der Waals surface area contributed by atoms with Gasteiger partial charge in [-0.15, -0.1) is 0 Å². The van der Waals surface area contributed by atoms with Crippen molar-refractivity contribution < 1.29 is 4.39 Å². The summed E-state index contributed by atoms with van der Waals surface area (Å²) in [5.74, 6) is 0. The van der Waals surface area contributed by atoms with Gasteiger partial charge in [0.15, 0.2) is 0 Å². The molecule has 0 saturated carbocycles. The molecule has 64 valence electrons. The molecule has 1 atom stereocenters. The zero-order valence-corrected chi connectivity index (χ0v) is 6.72. The second-order valence-electron chi connectivity index (χ2n) is 3.13. The Bertz CT molecular complexity index is 147. The summed E-state index contributed by atoms with van der Waals surface area (Å²) in [6.45, 7) is 5.71. The molecule has 1 saturated heterocycles. The van der Waals surface area contributed by atoms with Crippen molar-refractivity contribution >= 4 is 0 Å². The number of rotatable bonds is 2. The Morgan fingerprint density at radius 2 is 2.45 bits per heavy atom. The standard InChI is InChI=1S/C8H15FN2/c1-7(10)5-11-4-2-3-8(9)6-11/h8H,1-6,10H2. The van der Waals surface area contributed by atoms with Crippen molar-refractivity contribution in [3.8, 4) is 0 Å². The fourth-order valence-corrected chi connectivity index (χ4v) is 1.43. The zero-order valence-electron chi connectivity index (χ0n) is 6.72.